The van der Waals surface area contributed by atoms with Gasteiger partial charge < -0.3 is 9.30 Å². The number of aryl methyl sites for hydroxylation is 1. The Balaban J connectivity index is 1.15. The number of nitrogens with zero attached hydrogens (tertiary/aromatic N) is 1. The van der Waals surface area contributed by atoms with Gasteiger partial charge in [0.05, 0.1) is 11.0 Å². The quantitative estimate of drug-likeness (QED) is 0.190. The van der Waals surface area contributed by atoms with Crippen molar-refractivity contribution in [3.8, 4) is 61.7 Å². The van der Waals surface area contributed by atoms with E-state index in [-0.39, 0.29) is 0 Å². The fraction of sp³-hybridized carbons (Fsp3) is 0.0213. The monoisotopic (exact) mass is 625 g/mol. The highest BCUT2D eigenvalue weighted by molar-refractivity contribution is 6.12. The van der Waals surface area contributed by atoms with Crippen molar-refractivity contribution in [1.29, 1.82) is 0 Å². The van der Waals surface area contributed by atoms with E-state index >= 15 is 0 Å². The molecule has 2 heterocycles. The molecule has 8 aromatic carbocycles. The van der Waals surface area contributed by atoms with Crippen molar-refractivity contribution in [2.45, 2.75) is 6.92 Å². The van der Waals surface area contributed by atoms with Crippen molar-refractivity contribution in [2.75, 3.05) is 0 Å². The average Bonchev–Trinajstić information content (AvgIpc) is 3.49. The van der Waals surface area contributed by atoms with Crippen LogP contribution in [-0.2, 0) is 0 Å². The lowest BCUT2D eigenvalue weighted by Crippen LogP contribution is -1.99. The molecule has 1 aliphatic heterocycles. The van der Waals surface area contributed by atoms with E-state index in [1.54, 1.807) is 0 Å². The van der Waals surface area contributed by atoms with Gasteiger partial charge in [0.2, 0.25) is 0 Å². The van der Waals surface area contributed by atoms with Gasteiger partial charge in [0.15, 0.2) is 0 Å². The lowest BCUT2D eigenvalue weighted by Gasteiger charge is -2.24. The maximum Gasteiger partial charge on any atom is 0.135 e. The molecule has 1 aliphatic rings. The van der Waals surface area contributed by atoms with Crippen LogP contribution in [0.1, 0.15) is 5.56 Å². The molecule has 230 valence electrons. The van der Waals surface area contributed by atoms with Crippen LogP contribution in [0.4, 0.5) is 0 Å². The van der Waals surface area contributed by atoms with Crippen molar-refractivity contribution >= 4 is 32.6 Å². The topological polar surface area (TPSA) is 14.2 Å². The molecule has 0 bridgehead atoms. The highest BCUT2D eigenvalue weighted by Crippen LogP contribution is 2.50. The van der Waals surface area contributed by atoms with E-state index in [1.165, 1.54) is 82.8 Å². The van der Waals surface area contributed by atoms with Crippen molar-refractivity contribution < 1.29 is 4.74 Å². The fourth-order valence-corrected chi connectivity index (χ4v) is 7.94. The smallest absolute Gasteiger partial charge is 0.135 e. The van der Waals surface area contributed by atoms with Crippen LogP contribution in [0.3, 0.4) is 0 Å². The maximum atomic E-state index is 6.60. The van der Waals surface area contributed by atoms with E-state index in [4.69, 9.17) is 4.74 Å². The SMILES string of the molecule is Cc1cccc(-c2ccc3c(c2)c2ccccc2n3-c2ccccc2)c1-c1ccc2c(c1)-c1cccc3c(-c4ccccc4)ccc(c13)O2. The minimum atomic E-state index is 0.890. The zero-order valence-corrected chi connectivity index (χ0v) is 27.0. The zero-order valence-electron chi connectivity index (χ0n) is 27.0. The molecule has 0 atom stereocenters. The second-order valence-electron chi connectivity index (χ2n) is 12.9. The molecule has 0 saturated carbocycles. The van der Waals surface area contributed by atoms with Crippen molar-refractivity contribution in [3.05, 3.63) is 175 Å². The molecule has 49 heavy (non-hydrogen) atoms. The van der Waals surface area contributed by atoms with Crippen LogP contribution < -0.4 is 4.74 Å². The van der Waals surface area contributed by atoms with E-state index < -0.39 is 0 Å². The number of para-hydroxylation sites is 2. The van der Waals surface area contributed by atoms with Gasteiger partial charge >= 0.3 is 0 Å². The fourth-order valence-electron chi connectivity index (χ4n) is 7.94. The van der Waals surface area contributed by atoms with Gasteiger partial charge in [0, 0.05) is 27.4 Å². The van der Waals surface area contributed by atoms with Crippen molar-refractivity contribution in [3.63, 3.8) is 0 Å². The third kappa shape index (κ3) is 4.28. The Bertz CT molecular complexity index is 2740. The predicted octanol–water partition coefficient (Wildman–Crippen LogP) is 13.0. The predicted molar refractivity (Wildman–Crippen MR) is 205 cm³/mol. The number of hydrogen-bond donors (Lipinski definition) is 0. The van der Waals surface area contributed by atoms with Crippen LogP contribution >= 0.6 is 0 Å². The lowest BCUT2D eigenvalue weighted by molar-refractivity contribution is 0.487. The van der Waals surface area contributed by atoms with Crippen LogP contribution in [0.25, 0.3) is 82.8 Å². The van der Waals surface area contributed by atoms with Crippen LogP contribution in [0.2, 0.25) is 0 Å². The summed E-state index contributed by atoms with van der Waals surface area (Å²) in [5.74, 6) is 1.80. The van der Waals surface area contributed by atoms with Crippen molar-refractivity contribution in [1.82, 2.24) is 4.57 Å². The molecule has 10 rings (SSSR count). The molecule has 0 spiro atoms. The van der Waals surface area contributed by atoms with Crippen molar-refractivity contribution in [2.24, 2.45) is 0 Å². The molecule has 0 unspecified atom stereocenters. The molecule has 1 aromatic heterocycles. The zero-order chi connectivity index (χ0) is 32.5. The molecule has 0 amide bonds. The van der Waals surface area contributed by atoms with Gasteiger partial charge in [-0.05, 0) is 105 Å². The van der Waals surface area contributed by atoms with Gasteiger partial charge in [0.1, 0.15) is 11.5 Å². The van der Waals surface area contributed by atoms with Gasteiger partial charge in [-0.15, -0.1) is 0 Å². The van der Waals surface area contributed by atoms with Gasteiger partial charge in [0.25, 0.3) is 0 Å². The summed E-state index contributed by atoms with van der Waals surface area (Å²) < 4.78 is 8.97. The number of fused-ring (bicyclic) bond motifs is 5. The maximum absolute atomic E-state index is 6.60. The largest absolute Gasteiger partial charge is 0.456 e. The molecule has 0 saturated heterocycles. The van der Waals surface area contributed by atoms with E-state index in [9.17, 15) is 0 Å². The number of benzene rings is 8. The van der Waals surface area contributed by atoms with Gasteiger partial charge in [-0.25, -0.2) is 0 Å². The molecule has 0 radical (unpaired) electrons. The van der Waals surface area contributed by atoms with E-state index in [1.807, 2.05) is 0 Å². The van der Waals surface area contributed by atoms with Crippen LogP contribution in [0.5, 0.6) is 11.5 Å². The third-order valence-corrected chi connectivity index (χ3v) is 10.1. The summed E-state index contributed by atoms with van der Waals surface area (Å²) in [6.07, 6.45) is 0. The average molecular weight is 626 g/mol. The summed E-state index contributed by atoms with van der Waals surface area (Å²) in [5, 5.41) is 4.88. The van der Waals surface area contributed by atoms with E-state index in [0.29, 0.717) is 0 Å². The molecule has 2 heteroatoms. The van der Waals surface area contributed by atoms with Crippen LogP contribution in [0, 0.1) is 6.92 Å². The molecule has 0 aliphatic carbocycles. The summed E-state index contributed by atoms with van der Waals surface area (Å²) in [7, 11) is 0. The molecular formula is C47H31NO. The molecule has 2 nitrogen and oxygen atoms in total. The Morgan fingerprint density at radius 1 is 0.408 bits per heavy atom. The Hall–Kier alpha value is -6.38. The Kier molecular flexibility index (Phi) is 6.13. The summed E-state index contributed by atoms with van der Waals surface area (Å²) >= 11 is 0. The van der Waals surface area contributed by atoms with Crippen LogP contribution in [-0.4, -0.2) is 4.57 Å². The minimum absolute atomic E-state index is 0.890. The summed E-state index contributed by atoms with van der Waals surface area (Å²) in [6.45, 7) is 2.22. The second kappa shape index (κ2) is 10.8. The summed E-state index contributed by atoms with van der Waals surface area (Å²) in [6, 6.07) is 61.2. The summed E-state index contributed by atoms with van der Waals surface area (Å²) in [4.78, 5) is 0. The molecule has 0 fully saturated rings. The Labute approximate surface area is 285 Å². The van der Waals surface area contributed by atoms with E-state index in [0.717, 1.165) is 17.1 Å². The Morgan fingerprint density at radius 2 is 1.10 bits per heavy atom. The third-order valence-electron chi connectivity index (χ3n) is 10.1. The van der Waals surface area contributed by atoms with Gasteiger partial charge in [-0.2, -0.15) is 0 Å². The first kappa shape index (κ1) is 27.7. The normalized spacial score (nSPS) is 11.9. The minimum Gasteiger partial charge on any atom is -0.456 e. The molecule has 0 N–H and O–H groups in total. The summed E-state index contributed by atoms with van der Waals surface area (Å²) in [5.41, 5.74) is 14.4. The Morgan fingerprint density at radius 3 is 1.98 bits per heavy atom. The lowest BCUT2D eigenvalue weighted by atomic mass is 9.86. The van der Waals surface area contributed by atoms with E-state index in [2.05, 4.69) is 181 Å². The highest BCUT2D eigenvalue weighted by atomic mass is 16.5. The first-order chi connectivity index (χ1) is 24.2. The standard InChI is InChI=1S/C47H31NO/c1-30-12-10-18-36(32-22-25-43-40(28-32)37-17-8-9-21-42(37)48(43)34-15-6-3-7-16-34)46(30)33-23-26-44-41(29-33)39-20-11-19-38-35(31-13-4-2-5-14-31)24-27-45(49-44)47(38)39/h2-29H,1H3. The second-order valence-corrected chi connectivity index (χ2v) is 12.9. The van der Waals surface area contributed by atoms with Gasteiger partial charge in [-0.1, -0.05) is 121 Å². The molecule has 9 aromatic rings. The number of rotatable bonds is 4. The highest BCUT2D eigenvalue weighted by Gasteiger charge is 2.23. The first-order valence-electron chi connectivity index (χ1n) is 16.9. The number of ether oxygens (including phenoxy) is 1. The number of aromatic nitrogens is 1. The molecular weight excluding hydrogens is 595 g/mol. The van der Waals surface area contributed by atoms with Crippen LogP contribution in [0.15, 0.2) is 170 Å². The number of hydrogen-bond acceptors (Lipinski definition) is 1. The van der Waals surface area contributed by atoms with Gasteiger partial charge in [-0.3, -0.25) is 0 Å². The first-order valence-corrected chi connectivity index (χ1v) is 16.9.